The molecule has 0 spiro atoms. The number of ether oxygens (including phenoxy) is 1. The lowest BCUT2D eigenvalue weighted by molar-refractivity contribution is -0.893. The van der Waals surface area contributed by atoms with Gasteiger partial charge in [0.2, 0.25) is 5.91 Å². The minimum atomic E-state index is 0.0110. The van der Waals surface area contributed by atoms with E-state index in [0.29, 0.717) is 12.2 Å². The Morgan fingerprint density at radius 1 is 1.09 bits per heavy atom. The first-order chi connectivity index (χ1) is 10.7. The van der Waals surface area contributed by atoms with Crippen LogP contribution in [0.3, 0.4) is 0 Å². The van der Waals surface area contributed by atoms with Crippen molar-refractivity contribution in [2.45, 2.75) is 13.0 Å². The minimum absolute atomic E-state index is 0.0110. The number of rotatable bonds is 7. The van der Waals surface area contributed by atoms with Gasteiger partial charge in [0.15, 0.2) is 0 Å². The van der Waals surface area contributed by atoms with Crippen LogP contribution in [-0.2, 0) is 11.3 Å². The smallest absolute Gasteiger partial charge is 0.230 e. The molecule has 1 unspecified atom stereocenters. The van der Waals surface area contributed by atoms with E-state index in [4.69, 9.17) is 4.74 Å². The summed E-state index contributed by atoms with van der Waals surface area (Å²) in [6, 6.07) is 17.8. The van der Waals surface area contributed by atoms with E-state index in [0.717, 1.165) is 18.8 Å². The van der Waals surface area contributed by atoms with Crippen LogP contribution in [0.5, 0.6) is 5.75 Å². The fourth-order valence-electron chi connectivity index (χ4n) is 2.32. The number of carbonyl (C=O) groups excluding carboxylic acids is 1. The highest BCUT2D eigenvalue weighted by Gasteiger charge is 2.10. The van der Waals surface area contributed by atoms with Crippen LogP contribution >= 0.6 is 0 Å². The second-order valence-electron chi connectivity index (χ2n) is 5.37. The van der Waals surface area contributed by atoms with Gasteiger partial charge in [0.1, 0.15) is 12.3 Å². The van der Waals surface area contributed by atoms with E-state index in [-0.39, 0.29) is 5.91 Å². The van der Waals surface area contributed by atoms with Crippen molar-refractivity contribution in [3.05, 3.63) is 60.2 Å². The first-order valence-electron chi connectivity index (χ1n) is 7.47. The summed E-state index contributed by atoms with van der Waals surface area (Å²) < 4.78 is 5.23. The highest BCUT2D eigenvalue weighted by molar-refractivity contribution is 5.92. The lowest BCUT2D eigenvalue weighted by Gasteiger charge is -2.14. The van der Waals surface area contributed by atoms with Crippen LogP contribution in [0.1, 0.15) is 12.0 Å². The summed E-state index contributed by atoms with van der Waals surface area (Å²) in [5.74, 6) is 0.692. The molecule has 0 saturated carbocycles. The van der Waals surface area contributed by atoms with Gasteiger partial charge in [-0.3, -0.25) is 4.79 Å². The Morgan fingerprint density at radius 3 is 2.50 bits per heavy atom. The van der Waals surface area contributed by atoms with Gasteiger partial charge in [0.25, 0.3) is 0 Å². The lowest BCUT2D eigenvalue weighted by Crippen LogP contribution is -3.07. The lowest BCUT2D eigenvalue weighted by atomic mass is 10.2. The molecule has 22 heavy (non-hydrogen) atoms. The molecule has 0 fully saturated rings. The molecule has 2 aromatic rings. The van der Waals surface area contributed by atoms with Crippen LogP contribution in [0, 0.1) is 0 Å². The van der Waals surface area contributed by atoms with Crippen molar-refractivity contribution in [1.29, 1.82) is 0 Å². The van der Waals surface area contributed by atoms with Gasteiger partial charge >= 0.3 is 0 Å². The molecule has 2 N–H and O–H groups in total. The average Bonchev–Trinajstić information content (AvgIpc) is 2.54. The Balaban J connectivity index is 1.80. The summed E-state index contributed by atoms with van der Waals surface area (Å²) in [5, 5.41) is 2.90. The van der Waals surface area contributed by atoms with Gasteiger partial charge in [0.05, 0.1) is 32.8 Å². The Bertz CT molecular complexity index is 599. The fraction of sp³-hybridized carbons (Fsp3) is 0.278. The number of carbonyl (C=O) groups is 1. The van der Waals surface area contributed by atoms with Gasteiger partial charge in [-0.2, -0.15) is 0 Å². The first-order valence-corrected chi connectivity index (χ1v) is 7.47. The number of quaternary nitrogens is 1. The molecule has 0 bridgehead atoms. The van der Waals surface area contributed by atoms with Gasteiger partial charge in [-0.15, -0.1) is 0 Å². The van der Waals surface area contributed by atoms with E-state index in [1.165, 1.54) is 10.5 Å². The molecule has 2 rings (SSSR count). The standard InChI is InChI=1S/C18H22N2O2/c1-20(14-15-8-4-3-5-9-15)13-12-18(21)19-16-10-6-7-11-17(16)22-2/h3-11H,12-14H2,1-2H3,(H,19,21)/p+1. The third-order valence-corrected chi connectivity index (χ3v) is 3.51. The summed E-state index contributed by atoms with van der Waals surface area (Å²) in [7, 11) is 3.70. The zero-order chi connectivity index (χ0) is 15.8. The van der Waals surface area contributed by atoms with Crippen molar-refractivity contribution < 1.29 is 14.4 Å². The Hall–Kier alpha value is -2.33. The summed E-state index contributed by atoms with van der Waals surface area (Å²) in [6.07, 6.45) is 0.483. The second kappa shape index (κ2) is 8.20. The maximum absolute atomic E-state index is 12.1. The quantitative estimate of drug-likeness (QED) is 0.818. The molecule has 1 amide bonds. The van der Waals surface area contributed by atoms with E-state index in [2.05, 4.69) is 24.5 Å². The largest absolute Gasteiger partial charge is 0.495 e. The summed E-state index contributed by atoms with van der Waals surface area (Å²) in [6.45, 7) is 1.71. The molecule has 0 aliphatic heterocycles. The topological polar surface area (TPSA) is 42.8 Å². The molecule has 2 aromatic carbocycles. The molecule has 0 aliphatic carbocycles. The van der Waals surface area contributed by atoms with E-state index < -0.39 is 0 Å². The zero-order valence-corrected chi connectivity index (χ0v) is 13.1. The molecular formula is C18H23N2O2+. The maximum Gasteiger partial charge on any atom is 0.230 e. The average molecular weight is 299 g/mol. The van der Waals surface area contributed by atoms with E-state index in [1.54, 1.807) is 7.11 Å². The molecule has 4 heteroatoms. The molecule has 0 radical (unpaired) electrons. The number of hydrogen-bond donors (Lipinski definition) is 2. The summed E-state index contributed by atoms with van der Waals surface area (Å²) in [5.41, 5.74) is 2.00. The first kappa shape index (κ1) is 16.0. The number of benzene rings is 2. The number of anilines is 1. The van der Waals surface area contributed by atoms with Crippen LogP contribution in [0.2, 0.25) is 0 Å². The van der Waals surface area contributed by atoms with Crippen LogP contribution in [0.4, 0.5) is 5.69 Å². The molecule has 0 heterocycles. The van der Waals surface area contributed by atoms with E-state index >= 15 is 0 Å². The number of para-hydroxylation sites is 2. The number of nitrogens with one attached hydrogen (secondary N) is 2. The number of methoxy groups -OCH3 is 1. The Labute approximate surface area is 131 Å². The van der Waals surface area contributed by atoms with Crippen LogP contribution in [0.15, 0.2) is 54.6 Å². The third kappa shape index (κ3) is 4.90. The monoisotopic (exact) mass is 299 g/mol. The second-order valence-corrected chi connectivity index (χ2v) is 5.37. The van der Waals surface area contributed by atoms with Gasteiger partial charge < -0.3 is 15.0 Å². The molecule has 0 aromatic heterocycles. The number of hydrogen-bond acceptors (Lipinski definition) is 2. The Kier molecular flexibility index (Phi) is 5.98. The Morgan fingerprint density at radius 2 is 1.77 bits per heavy atom. The molecule has 4 nitrogen and oxygen atoms in total. The highest BCUT2D eigenvalue weighted by atomic mass is 16.5. The molecular weight excluding hydrogens is 276 g/mol. The molecule has 0 saturated heterocycles. The van der Waals surface area contributed by atoms with Crippen molar-refractivity contribution >= 4 is 11.6 Å². The predicted octanol–water partition coefficient (Wildman–Crippen LogP) is 1.74. The van der Waals surface area contributed by atoms with E-state index in [1.807, 2.05) is 42.5 Å². The summed E-state index contributed by atoms with van der Waals surface area (Å²) >= 11 is 0. The maximum atomic E-state index is 12.1. The SMILES string of the molecule is COc1ccccc1NC(=O)CC[NH+](C)Cc1ccccc1. The third-order valence-electron chi connectivity index (χ3n) is 3.51. The molecule has 116 valence electrons. The zero-order valence-electron chi connectivity index (χ0n) is 13.1. The van der Waals surface area contributed by atoms with E-state index in [9.17, 15) is 4.79 Å². The van der Waals surface area contributed by atoms with Crippen molar-refractivity contribution in [3.63, 3.8) is 0 Å². The van der Waals surface area contributed by atoms with Crippen LogP contribution in [-0.4, -0.2) is 26.6 Å². The van der Waals surface area contributed by atoms with Gasteiger partial charge in [-0.1, -0.05) is 42.5 Å². The van der Waals surface area contributed by atoms with Gasteiger partial charge in [-0.25, -0.2) is 0 Å². The normalized spacial score (nSPS) is 11.7. The van der Waals surface area contributed by atoms with Gasteiger partial charge in [0, 0.05) is 5.56 Å². The molecule has 0 aliphatic rings. The summed E-state index contributed by atoms with van der Waals surface area (Å²) in [4.78, 5) is 13.4. The minimum Gasteiger partial charge on any atom is -0.495 e. The van der Waals surface area contributed by atoms with Crippen LogP contribution in [0.25, 0.3) is 0 Å². The predicted molar refractivity (Wildman–Crippen MR) is 88.1 cm³/mol. The highest BCUT2D eigenvalue weighted by Crippen LogP contribution is 2.22. The van der Waals surface area contributed by atoms with Crippen molar-refractivity contribution in [2.75, 3.05) is 26.0 Å². The van der Waals surface area contributed by atoms with Crippen molar-refractivity contribution in [1.82, 2.24) is 0 Å². The van der Waals surface area contributed by atoms with Crippen molar-refractivity contribution in [3.8, 4) is 5.75 Å². The van der Waals surface area contributed by atoms with Crippen LogP contribution < -0.4 is 15.0 Å². The van der Waals surface area contributed by atoms with Crippen molar-refractivity contribution in [2.24, 2.45) is 0 Å². The fourth-order valence-corrected chi connectivity index (χ4v) is 2.32. The number of amides is 1. The molecule has 1 atom stereocenters. The van der Waals surface area contributed by atoms with Gasteiger partial charge in [-0.05, 0) is 12.1 Å².